The summed E-state index contributed by atoms with van der Waals surface area (Å²) in [5, 5.41) is -0.0381. The first-order valence-electron chi connectivity index (χ1n) is 10.3. The summed E-state index contributed by atoms with van der Waals surface area (Å²) in [7, 11) is 0. The van der Waals surface area contributed by atoms with Crippen LogP contribution in [0.15, 0.2) is 10.5 Å². The lowest BCUT2D eigenvalue weighted by molar-refractivity contribution is 0.213. The van der Waals surface area contributed by atoms with Crippen molar-refractivity contribution >= 4 is 22.3 Å². The molecule has 0 heterocycles. The second-order valence-electron chi connectivity index (χ2n) is 8.46. The molecule has 1 unspecified atom stereocenters. The summed E-state index contributed by atoms with van der Waals surface area (Å²) < 4.78 is 7.80. The monoisotopic (exact) mass is 411 g/mol. The van der Waals surface area contributed by atoms with Crippen molar-refractivity contribution in [3.8, 4) is 11.7 Å². The van der Waals surface area contributed by atoms with E-state index in [1.165, 1.54) is 32.1 Å². The number of hydrogen-bond donors (Lipinski definition) is 0. The summed E-state index contributed by atoms with van der Waals surface area (Å²) in [4.78, 5) is 0. The van der Waals surface area contributed by atoms with E-state index in [4.69, 9.17) is 4.65 Å². The first kappa shape index (κ1) is 24.8. The topological polar surface area (TPSA) is 9.23 Å². The standard InChI is InChI=1S/C22H41BBrO/c1-9-11-13-14-16-18-23(25-20(5)6,22(7,8)19(3)4)21(24)17-15-12-10-2/h17,19-20H,9-15H2,1-8H3/q-1/b21-17-. The Bertz CT molecular complexity index is 456. The van der Waals surface area contributed by atoms with Crippen molar-refractivity contribution in [2.45, 2.75) is 112 Å². The number of allylic oxidation sites excluding steroid dienone is 1. The highest BCUT2D eigenvalue weighted by atomic mass is 79.9. The molecule has 0 aromatic rings. The van der Waals surface area contributed by atoms with E-state index in [0.717, 1.165) is 17.2 Å². The summed E-state index contributed by atoms with van der Waals surface area (Å²) in [5.41, 5.74) is 0. The second-order valence-corrected chi connectivity index (χ2v) is 9.37. The maximum Gasteiger partial charge on any atom is 0.225 e. The Balaban J connectivity index is 5.93. The molecule has 0 amide bonds. The largest absolute Gasteiger partial charge is 0.574 e. The molecule has 0 N–H and O–H groups in total. The summed E-state index contributed by atoms with van der Waals surface area (Å²) in [6.45, 7) is 17.9. The molecule has 0 radical (unpaired) electrons. The summed E-state index contributed by atoms with van der Waals surface area (Å²) in [5.74, 6) is 7.60. The fraction of sp³-hybridized carbons (Fsp3) is 0.818. The Labute approximate surface area is 166 Å². The van der Waals surface area contributed by atoms with Crippen molar-refractivity contribution in [1.82, 2.24) is 0 Å². The highest BCUT2D eigenvalue weighted by Gasteiger charge is 2.43. The number of rotatable bonds is 11. The number of unbranched alkanes of at least 4 members (excludes halogenated alkanes) is 5. The van der Waals surface area contributed by atoms with Crippen LogP contribution in [-0.2, 0) is 4.65 Å². The fourth-order valence-corrected chi connectivity index (χ4v) is 4.09. The van der Waals surface area contributed by atoms with Crippen molar-refractivity contribution in [3.63, 3.8) is 0 Å². The second kappa shape index (κ2) is 12.2. The van der Waals surface area contributed by atoms with Crippen molar-refractivity contribution in [3.05, 3.63) is 10.5 Å². The van der Waals surface area contributed by atoms with E-state index < -0.39 is 6.35 Å². The van der Waals surface area contributed by atoms with E-state index in [-0.39, 0.29) is 11.4 Å². The van der Waals surface area contributed by atoms with Gasteiger partial charge in [0.2, 0.25) is 6.35 Å². The maximum atomic E-state index is 6.64. The molecule has 0 aromatic heterocycles. The van der Waals surface area contributed by atoms with Crippen LogP contribution in [0, 0.1) is 17.7 Å². The molecule has 1 atom stereocenters. The zero-order chi connectivity index (χ0) is 19.5. The quantitative estimate of drug-likeness (QED) is 0.190. The van der Waals surface area contributed by atoms with Crippen LogP contribution in [0.1, 0.15) is 100 Å². The van der Waals surface area contributed by atoms with Gasteiger partial charge in [-0.25, -0.2) is 0 Å². The van der Waals surface area contributed by atoms with Crippen LogP contribution in [0.3, 0.4) is 0 Å². The van der Waals surface area contributed by atoms with Crippen LogP contribution >= 0.6 is 15.9 Å². The predicted octanol–water partition coefficient (Wildman–Crippen LogP) is 7.92. The molecule has 0 bridgehead atoms. The van der Waals surface area contributed by atoms with Crippen LogP contribution in [0.2, 0.25) is 5.31 Å². The predicted molar refractivity (Wildman–Crippen MR) is 119 cm³/mol. The molecule has 0 aliphatic heterocycles. The Kier molecular flexibility index (Phi) is 12.1. The van der Waals surface area contributed by atoms with Gasteiger partial charge in [0.15, 0.2) is 0 Å². The van der Waals surface area contributed by atoms with Crippen molar-refractivity contribution in [2.24, 2.45) is 5.92 Å². The molecule has 0 aliphatic rings. The maximum absolute atomic E-state index is 6.64. The Morgan fingerprint density at radius 1 is 1.08 bits per heavy atom. The number of hydrogen-bond acceptors (Lipinski definition) is 1. The minimum atomic E-state index is -1.42. The molecule has 3 heteroatoms. The van der Waals surface area contributed by atoms with Gasteiger partial charge in [-0.15, -0.1) is 21.7 Å². The van der Waals surface area contributed by atoms with Crippen molar-refractivity contribution in [1.29, 1.82) is 0 Å². The van der Waals surface area contributed by atoms with Gasteiger partial charge in [-0.1, -0.05) is 89.1 Å². The average molecular weight is 412 g/mol. The van der Waals surface area contributed by atoms with Gasteiger partial charge < -0.3 is 4.65 Å². The minimum Gasteiger partial charge on any atom is -0.574 e. The third-order valence-corrected chi connectivity index (χ3v) is 6.48. The van der Waals surface area contributed by atoms with E-state index in [2.05, 4.69) is 89.1 Å². The smallest absolute Gasteiger partial charge is 0.225 e. The molecule has 0 spiro atoms. The Morgan fingerprint density at radius 2 is 1.68 bits per heavy atom. The van der Waals surface area contributed by atoms with Gasteiger partial charge in [-0.05, 0) is 26.7 Å². The van der Waals surface area contributed by atoms with Gasteiger partial charge in [-0.3, -0.25) is 5.82 Å². The van der Waals surface area contributed by atoms with Crippen LogP contribution in [0.4, 0.5) is 0 Å². The van der Waals surface area contributed by atoms with Gasteiger partial charge in [0, 0.05) is 12.5 Å². The van der Waals surface area contributed by atoms with Crippen LogP contribution in [-0.4, -0.2) is 12.5 Å². The highest BCUT2D eigenvalue weighted by molar-refractivity contribution is 9.12. The molecule has 146 valence electrons. The summed E-state index contributed by atoms with van der Waals surface area (Å²) in [6, 6.07) is 0. The minimum absolute atomic E-state index is 0.0381. The van der Waals surface area contributed by atoms with Crippen LogP contribution in [0.5, 0.6) is 0 Å². The zero-order valence-corrected chi connectivity index (χ0v) is 19.6. The van der Waals surface area contributed by atoms with Gasteiger partial charge in [0.1, 0.15) is 0 Å². The SMILES string of the molecule is CCCC/C=C(\Br)[B-](C#CCCCCC)(OC(C)C)C(C)(C)C(C)C. The van der Waals surface area contributed by atoms with Gasteiger partial charge in [0.05, 0.1) is 0 Å². The van der Waals surface area contributed by atoms with E-state index in [1.807, 2.05) is 0 Å². The lowest BCUT2D eigenvalue weighted by Gasteiger charge is -2.54. The molecule has 1 nitrogen and oxygen atoms in total. The third kappa shape index (κ3) is 7.52. The lowest BCUT2D eigenvalue weighted by atomic mass is 9.24. The molecule has 25 heavy (non-hydrogen) atoms. The molecule has 0 aromatic carbocycles. The molecule has 0 fully saturated rings. The molecule has 0 aliphatic carbocycles. The van der Waals surface area contributed by atoms with E-state index in [1.54, 1.807) is 0 Å². The molecule has 0 saturated carbocycles. The molecular weight excluding hydrogens is 371 g/mol. The van der Waals surface area contributed by atoms with E-state index >= 15 is 0 Å². The Hall–Kier alpha value is -0.195. The van der Waals surface area contributed by atoms with E-state index in [0.29, 0.717) is 5.92 Å². The Morgan fingerprint density at radius 3 is 2.16 bits per heavy atom. The summed E-state index contributed by atoms with van der Waals surface area (Å²) in [6.07, 6.45) is 9.15. The average Bonchev–Trinajstić information content (AvgIpc) is 2.52. The molecular formula is C22H41BBrO-. The van der Waals surface area contributed by atoms with Crippen LogP contribution < -0.4 is 0 Å². The fourth-order valence-electron chi connectivity index (χ4n) is 3.05. The van der Waals surface area contributed by atoms with Crippen molar-refractivity contribution in [2.75, 3.05) is 0 Å². The van der Waals surface area contributed by atoms with Gasteiger partial charge in [-0.2, -0.15) is 0 Å². The van der Waals surface area contributed by atoms with Gasteiger partial charge in [0.25, 0.3) is 0 Å². The zero-order valence-electron chi connectivity index (χ0n) is 18.0. The van der Waals surface area contributed by atoms with Crippen LogP contribution in [0.25, 0.3) is 0 Å². The van der Waals surface area contributed by atoms with Gasteiger partial charge >= 0.3 is 0 Å². The van der Waals surface area contributed by atoms with Crippen molar-refractivity contribution < 1.29 is 4.65 Å². The molecule has 0 saturated heterocycles. The first-order chi connectivity index (χ1) is 11.7. The number of halogens is 1. The third-order valence-electron chi connectivity index (χ3n) is 5.51. The normalized spacial score (nSPS) is 15.2. The van der Waals surface area contributed by atoms with E-state index in [9.17, 15) is 0 Å². The lowest BCUT2D eigenvalue weighted by Crippen LogP contribution is -2.52. The first-order valence-corrected chi connectivity index (χ1v) is 11.1. The summed E-state index contributed by atoms with van der Waals surface area (Å²) >= 11 is 3.91. The molecule has 0 rings (SSSR count). The highest BCUT2D eigenvalue weighted by Crippen LogP contribution is 2.50.